The van der Waals surface area contributed by atoms with E-state index in [9.17, 15) is 4.79 Å². The van der Waals surface area contributed by atoms with Crippen LogP contribution in [0.1, 0.15) is 46.9 Å². The van der Waals surface area contributed by atoms with Gasteiger partial charge < -0.3 is 19.2 Å². The normalized spacial score (nSPS) is 11.2. The summed E-state index contributed by atoms with van der Waals surface area (Å²) in [5, 5.41) is 2.84. The van der Waals surface area contributed by atoms with Crippen molar-refractivity contribution >= 4 is 11.6 Å². The molecule has 0 fully saturated rings. The standard InChI is InChI=1S/C29H29NO4/c1-20-10-16-26(32-4)25(18-20)30-28(31)27-17-15-24(34-27)19-33-23-13-11-22(12-14-23)29(2,3)21-8-6-5-7-9-21/h5-18H,19H2,1-4H3,(H,30,31). The van der Waals surface area contributed by atoms with Gasteiger partial charge in [-0.05, 0) is 60.0 Å². The lowest BCUT2D eigenvalue weighted by Gasteiger charge is -2.26. The summed E-state index contributed by atoms with van der Waals surface area (Å²) in [5.41, 5.74) is 3.97. The molecule has 3 aromatic carbocycles. The third kappa shape index (κ3) is 5.15. The number of hydrogen-bond donors (Lipinski definition) is 1. The summed E-state index contributed by atoms with van der Waals surface area (Å²) >= 11 is 0. The number of aryl methyl sites for hydroxylation is 1. The van der Waals surface area contributed by atoms with Crippen LogP contribution in [0.5, 0.6) is 11.5 Å². The van der Waals surface area contributed by atoms with Gasteiger partial charge in [0.15, 0.2) is 5.76 Å². The third-order valence-corrected chi connectivity index (χ3v) is 5.94. The van der Waals surface area contributed by atoms with E-state index in [2.05, 4.69) is 55.6 Å². The highest BCUT2D eigenvalue weighted by Gasteiger charge is 2.22. The lowest BCUT2D eigenvalue weighted by atomic mass is 9.78. The molecule has 1 aromatic heterocycles. The topological polar surface area (TPSA) is 60.7 Å². The molecule has 0 atom stereocenters. The molecule has 0 saturated carbocycles. The Bertz CT molecular complexity index is 1260. The van der Waals surface area contributed by atoms with Crippen molar-refractivity contribution in [3.05, 3.63) is 113 Å². The zero-order valence-electron chi connectivity index (χ0n) is 19.9. The molecule has 174 valence electrons. The quantitative estimate of drug-likeness (QED) is 0.319. The lowest BCUT2D eigenvalue weighted by molar-refractivity contribution is 0.0992. The minimum atomic E-state index is -0.345. The molecule has 4 rings (SSSR count). The Morgan fingerprint density at radius 3 is 2.32 bits per heavy atom. The first-order valence-corrected chi connectivity index (χ1v) is 11.2. The first-order valence-electron chi connectivity index (χ1n) is 11.2. The zero-order valence-corrected chi connectivity index (χ0v) is 19.9. The first-order chi connectivity index (χ1) is 16.4. The van der Waals surface area contributed by atoms with Crippen molar-refractivity contribution in [2.75, 3.05) is 12.4 Å². The van der Waals surface area contributed by atoms with Crippen LogP contribution in [0.25, 0.3) is 0 Å². The molecule has 1 N–H and O–H groups in total. The number of carbonyl (C=O) groups is 1. The van der Waals surface area contributed by atoms with Gasteiger partial charge in [-0.2, -0.15) is 0 Å². The van der Waals surface area contributed by atoms with Crippen LogP contribution in [0.4, 0.5) is 5.69 Å². The Balaban J connectivity index is 1.38. The van der Waals surface area contributed by atoms with Gasteiger partial charge in [-0.15, -0.1) is 0 Å². The number of rotatable bonds is 8. The number of benzene rings is 3. The number of anilines is 1. The molecule has 0 bridgehead atoms. The van der Waals surface area contributed by atoms with E-state index < -0.39 is 0 Å². The minimum Gasteiger partial charge on any atom is -0.495 e. The summed E-state index contributed by atoms with van der Waals surface area (Å²) < 4.78 is 16.9. The molecule has 0 spiro atoms. The molecule has 0 aliphatic carbocycles. The van der Waals surface area contributed by atoms with E-state index in [1.807, 2.05) is 43.3 Å². The Labute approximate surface area is 200 Å². The number of amides is 1. The highest BCUT2D eigenvalue weighted by Crippen LogP contribution is 2.32. The average molecular weight is 456 g/mol. The molecule has 1 heterocycles. The minimum absolute atomic E-state index is 0.108. The van der Waals surface area contributed by atoms with E-state index in [0.29, 0.717) is 17.2 Å². The maximum Gasteiger partial charge on any atom is 0.291 e. The molecule has 4 aromatic rings. The fraction of sp³-hybridized carbons (Fsp3) is 0.207. The molecule has 0 saturated heterocycles. The van der Waals surface area contributed by atoms with Crippen LogP contribution in [0.15, 0.2) is 89.3 Å². The average Bonchev–Trinajstić information content (AvgIpc) is 3.33. The van der Waals surface area contributed by atoms with E-state index in [0.717, 1.165) is 11.3 Å². The summed E-state index contributed by atoms with van der Waals surface area (Å²) in [7, 11) is 1.57. The van der Waals surface area contributed by atoms with Crippen LogP contribution < -0.4 is 14.8 Å². The number of nitrogens with one attached hydrogen (secondary N) is 1. The maximum atomic E-state index is 12.6. The van der Waals surface area contributed by atoms with Crippen LogP contribution in [-0.2, 0) is 12.0 Å². The van der Waals surface area contributed by atoms with E-state index in [1.165, 1.54) is 11.1 Å². The van der Waals surface area contributed by atoms with Gasteiger partial charge in [0.2, 0.25) is 0 Å². The van der Waals surface area contributed by atoms with Gasteiger partial charge in [-0.1, -0.05) is 62.4 Å². The van der Waals surface area contributed by atoms with Crippen molar-refractivity contribution in [1.82, 2.24) is 0 Å². The van der Waals surface area contributed by atoms with E-state index in [4.69, 9.17) is 13.9 Å². The van der Waals surface area contributed by atoms with Crippen LogP contribution in [0.3, 0.4) is 0 Å². The zero-order chi connectivity index (χ0) is 24.1. The smallest absolute Gasteiger partial charge is 0.291 e. The van der Waals surface area contributed by atoms with Crippen LogP contribution >= 0.6 is 0 Å². The maximum absolute atomic E-state index is 12.6. The molecule has 5 nitrogen and oxygen atoms in total. The van der Waals surface area contributed by atoms with Gasteiger partial charge >= 0.3 is 0 Å². The Kier molecular flexibility index (Phi) is 6.73. The van der Waals surface area contributed by atoms with Gasteiger partial charge in [0, 0.05) is 5.41 Å². The monoisotopic (exact) mass is 455 g/mol. The molecule has 0 unspecified atom stereocenters. The number of methoxy groups -OCH3 is 1. The van der Waals surface area contributed by atoms with Crippen molar-refractivity contribution in [3.63, 3.8) is 0 Å². The fourth-order valence-electron chi connectivity index (χ4n) is 3.82. The van der Waals surface area contributed by atoms with Gasteiger partial charge in [-0.3, -0.25) is 4.79 Å². The molecular weight excluding hydrogens is 426 g/mol. The molecule has 1 amide bonds. The third-order valence-electron chi connectivity index (χ3n) is 5.94. The summed E-state index contributed by atoms with van der Waals surface area (Å²) in [6.07, 6.45) is 0. The van der Waals surface area contributed by atoms with Crippen LogP contribution in [-0.4, -0.2) is 13.0 Å². The predicted octanol–water partition coefficient (Wildman–Crippen LogP) is 6.75. The first kappa shape index (κ1) is 23.2. The highest BCUT2D eigenvalue weighted by molar-refractivity contribution is 6.03. The Morgan fingerprint density at radius 1 is 0.912 bits per heavy atom. The van der Waals surface area contributed by atoms with Crippen molar-refractivity contribution in [1.29, 1.82) is 0 Å². The Hall–Kier alpha value is -3.99. The largest absolute Gasteiger partial charge is 0.495 e. The number of furan rings is 1. The lowest BCUT2D eigenvalue weighted by Crippen LogP contribution is -2.18. The van der Waals surface area contributed by atoms with Gasteiger partial charge in [-0.25, -0.2) is 0 Å². The summed E-state index contributed by atoms with van der Waals surface area (Å²) in [4.78, 5) is 12.6. The number of ether oxygens (including phenoxy) is 2. The molecule has 0 aliphatic rings. The number of hydrogen-bond acceptors (Lipinski definition) is 4. The molecular formula is C29H29NO4. The molecule has 0 aliphatic heterocycles. The molecule has 34 heavy (non-hydrogen) atoms. The van der Waals surface area contributed by atoms with E-state index in [1.54, 1.807) is 19.2 Å². The molecule has 0 radical (unpaired) electrons. The van der Waals surface area contributed by atoms with E-state index in [-0.39, 0.29) is 23.7 Å². The van der Waals surface area contributed by atoms with Gasteiger partial charge in [0.25, 0.3) is 5.91 Å². The fourth-order valence-corrected chi connectivity index (χ4v) is 3.82. The van der Waals surface area contributed by atoms with E-state index >= 15 is 0 Å². The second-order valence-electron chi connectivity index (χ2n) is 8.73. The van der Waals surface area contributed by atoms with Crippen molar-refractivity contribution in [2.24, 2.45) is 0 Å². The van der Waals surface area contributed by atoms with Crippen molar-refractivity contribution < 1.29 is 18.7 Å². The summed E-state index contributed by atoms with van der Waals surface area (Å²) in [6.45, 7) is 6.59. The predicted molar refractivity (Wildman–Crippen MR) is 134 cm³/mol. The van der Waals surface area contributed by atoms with Crippen molar-refractivity contribution in [3.8, 4) is 11.5 Å². The second kappa shape index (κ2) is 9.87. The summed E-state index contributed by atoms with van der Waals surface area (Å²) in [5.74, 6) is 1.76. The van der Waals surface area contributed by atoms with Crippen molar-refractivity contribution in [2.45, 2.75) is 32.8 Å². The van der Waals surface area contributed by atoms with Gasteiger partial charge in [0.1, 0.15) is 23.9 Å². The number of carbonyl (C=O) groups excluding carboxylic acids is 1. The SMILES string of the molecule is COc1ccc(C)cc1NC(=O)c1ccc(COc2ccc(C(C)(C)c3ccccc3)cc2)o1. The highest BCUT2D eigenvalue weighted by atomic mass is 16.5. The summed E-state index contributed by atoms with van der Waals surface area (Å²) in [6, 6.07) is 27.5. The van der Waals surface area contributed by atoms with Crippen LogP contribution in [0.2, 0.25) is 0 Å². The Morgan fingerprint density at radius 2 is 1.62 bits per heavy atom. The molecule has 5 heteroatoms. The second-order valence-corrected chi connectivity index (χ2v) is 8.73. The van der Waals surface area contributed by atoms with Gasteiger partial charge in [0.05, 0.1) is 12.8 Å². The van der Waals surface area contributed by atoms with Crippen LogP contribution in [0, 0.1) is 6.92 Å².